The predicted octanol–water partition coefficient (Wildman–Crippen LogP) is 2.43. The summed E-state index contributed by atoms with van der Waals surface area (Å²) in [6.07, 6.45) is -1.09. The van der Waals surface area contributed by atoms with Crippen LogP contribution in [0.25, 0.3) is 0 Å². The quantitative estimate of drug-likeness (QED) is 0.802. The zero-order valence-corrected chi connectivity index (χ0v) is 15.6. The number of likely N-dealkylation sites (tertiary alicyclic amines) is 1. The minimum Gasteiger partial charge on any atom is -0.378 e. The highest BCUT2D eigenvalue weighted by molar-refractivity contribution is 5.58. The molecule has 1 unspecified atom stereocenters. The topological polar surface area (TPSA) is 80.1 Å². The first kappa shape index (κ1) is 18.9. The first-order valence-corrected chi connectivity index (χ1v) is 9.11. The predicted molar refractivity (Wildman–Crippen MR) is 96.7 cm³/mol. The minimum absolute atomic E-state index is 0.0830. The minimum atomic E-state index is -4.52. The van der Waals surface area contributed by atoms with Crippen molar-refractivity contribution in [2.45, 2.75) is 31.6 Å². The van der Waals surface area contributed by atoms with Crippen molar-refractivity contribution < 1.29 is 17.9 Å². The van der Waals surface area contributed by atoms with Crippen molar-refractivity contribution >= 4 is 17.5 Å². The molecule has 1 atom stereocenters. The fourth-order valence-corrected chi connectivity index (χ4v) is 3.61. The third-order valence-corrected chi connectivity index (χ3v) is 5.30. The Labute approximate surface area is 160 Å². The number of alkyl halides is 3. The van der Waals surface area contributed by atoms with Crippen molar-refractivity contribution in [3.8, 4) is 0 Å². The van der Waals surface area contributed by atoms with Gasteiger partial charge in [-0.3, -0.25) is 9.58 Å². The molecule has 152 valence electrons. The molecule has 4 heterocycles. The Morgan fingerprint density at radius 2 is 2.00 bits per heavy atom. The molecule has 8 nitrogen and oxygen atoms in total. The number of halogens is 3. The largest absolute Gasteiger partial charge is 0.421 e. The van der Waals surface area contributed by atoms with Crippen LogP contribution in [0.1, 0.15) is 23.7 Å². The van der Waals surface area contributed by atoms with Gasteiger partial charge in [0.25, 0.3) is 0 Å². The second-order valence-electron chi connectivity index (χ2n) is 7.05. The monoisotopic (exact) mass is 397 g/mol. The van der Waals surface area contributed by atoms with Crippen LogP contribution in [0.4, 0.5) is 30.6 Å². The van der Waals surface area contributed by atoms with E-state index in [0.29, 0.717) is 11.7 Å². The van der Waals surface area contributed by atoms with Gasteiger partial charge in [-0.15, -0.1) is 0 Å². The molecule has 2 saturated heterocycles. The second kappa shape index (κ2) is 7.21. The molecule has 2 aliphatic heterocycles. The van der Waals surface area contributed by atoms with Crippen LogP contribution in [0, 0.1) is 6.92 Å². The lowest BCUT2D eigenvalue weighted by molar-refractivity contribution is -0.137. The zero-order chi connectivity index (χ0) is 19.9. The maximum Gasteiger partial charge on any atom is 0.421 e. The number of hydrogen-bond acceptors (Lipinski definition) is 7. The summed E-state index contributed by atoms with van der Waals surface area (Å²) >= 11 is 0. The lowest BCUT2D eigenvalue weighted by Gasteiger charge is -2.34. The molecule has 2 N–H and O–H groups in total. The molecule has 11 heteroatoms. The van der Waals surface area contributed by atoms with E-state index in [9.17, 15) is 13.2 Å². The van der Waals surface area contributed by atoms with E-state index in [1.165, 1.54) is 7.05 Å². The van der Waals surface area contributed by atoms with Gasteiger partial charge in [-0.2, -0.15) is 23.3 Å². The maximum atomic E-state index is 13.0. The summed E-state index contributed by atoms with van der Waals surface area (Å²) in [6.45, 7) is 5.42. The van der Waals surface area contributed by atoms with Crippen LogP contribution in [-0.2, 0) is 10.9 Å². The van der Waals surface area contributed by atoms with Crippen LogP contribution in [0.3, 0.4) is 0 Å². The van der Waals surface area contributed by atoms with Gasteiger partial charge in [0.2, 0.25) is 5.95 Å². The summed E-state index contributed by atoms with van der Waals surface area (Å²) in [7, 11) is 1.39. The molecule has 2 fully saturated rings. The number of hydrogen-bond donors (Lipinski definition) is 2. The van der Waals surface area contributed by atoms with Crippen LogP contribution in [-0.4, -0.2) is 64.0 Å². The van der Waals surface area contributed by atoms with Gasteiger partial charge >= 0.3 is 6.18 Å². The smallest absolute Gasteiger partial charge is 0.378 e. The lowest BCUT2D eigenvalue weighted by atomic mass is 10.2. The van der Waals surface area contributed by atoms with Crippen molar-refractivity contribution in [1.29, 1.82) is 0 Å². The molecule has 2 aromatic rings. The number of ether oxygens (including phenoxy) is 1. The van der Waals surface area contributed by atoms with Crippen molar-refractivity contribution in [2.75, 3.05) is 44.0 Å². The van der Waals surface area contributed by atoms with Gasteiger partial charge in [-0.05, 0) is 13.3 Å². The van der Waals surface area contributed by atoms with Crippen molar-refractivity contribution in [1.82, 2.24) is 24.6 Å². The first-order valence-electron chi connectivity index (χ1n) is 9.11. The fourth-order valence-electron chi connectivity index (χ4n) is 3.61. The summed E-state index contributed by atoms with van der Waals surface area (Å²) in [5.41, 5.74) is 0.664. The zero-order valence-electron chi connectivity index (χ0n) is 15.6. The average molecular weight is 397 g/mol. The standard InChI is InChI=1S/C17H22F3N7O/c1-10-14(24-16-22-5-13(17(18,19)20)15(21-2)25-16)6-23-27(10)11-3-4-26(7-11)12-8-28-9-12/h5-6,11-12H,3-4,7-9H2,1-2H3,(H2,21,22,24,25). The Bertz CT molecular complexity index is 850. The number of aromatic nitrogens is 4. The Balaban J connectivity index is 1.49. The molecule has 2 aromatic heterocycles. The van der Waals surface area contributed by atoms with Gasteiger partial charge in [-0.1, -0.05) is 0 Å². The maximum absolute atomic E-state index is 13.0. The number of nitrogens with one attached hydrogen (secondary N) is 2. The Morgan fingerprint density at radius 1 is 1.21 bits per heavy atom. The van der Waals surface area contributed by atoms with Crippen molar-refractivity contribution in [2.24, 2.45) is 0 Å². The van der Waals surface area contributed by atoms with E-state index in [1.54, 1.807) is 6.20 Å². The highest BCUT2D eigenvalue weighted by Crippen LogP contribution is 2.34. The number of anilines is 3. The third kappa shape index (κ3) is 3.51. The van der Waals surface area contributed by atoms with E-state index in [0.717, 1.165) is 44.6 Å². The van der Waals surface area contributed by atoms with Gasteiger partial charge in [0.1, 0.15) is 11.4 Å². The van der Waals surface area contributed by atoms with Gasteiger partial charge in [0.15, 0.2) is 0 Å². The summed E-state index contributed by atoms with van der Waals surface area (Å²) < 4.78 is 46.2. The molecule has 0 aliphatic carbocycles. The highest BCUT2D eigenvalue weighted by atomic mass is 19.4. The molecular weight excluding hydrogens is 375 g/mol. The highest BCUT2D eigenvalue weighted by Gasteiger charge is 2.35. The summed E-state index contributed by atoms with van der Waals surface area (Å²) in [4.78, 5) is 10.2. The van der Waals surface area contributed by atoms with Gasteiger partial charge in [0.05, 0.1) is 42.9 Å². The fraction of sp³-hybridized carbons (Fsp3) is 0.588. The molecule has 0 saturated carbocycles. The van der Waals surface area contributed by atoms with E-state index in [1.807, 2.05) is 11.6 Å². The molecule has 4 rings (SSSR count). The van der Waals surface area contributed by atoms with Crippen LogP contribution in [0.5, 0.6) is 0 Å². The van der Waals surface area contributed by atoms with E-state index in [2.05, 4.69) is 30.6 Å². The van der Waals surface area contributed by atoms with Crippen LogP contribution in [0.2, 0.25) is 0 Å². The number of nitrogens with zero attached hydrogens (tertiary/aromatic N) is 5. The van der Waals surface area contributed by atoms with Gasteiger partial charge < -0.3 is 15.4 Å². The molecular formula is C17H22F3N7O. The van der Waals surface area contributed by atoms with E-state index >= 15 is 0 Å². The normalized spacial score (nSPS) is 21.0. The van der Waals surface area contributed by atoms with Crippen LogP contribution < -0.4 is 10.6 Å². The summed E-state index contributed by atoms with van der Waals surface area (Å²) in [5, 5.41) is 9.93. The van der Waals surface area contributed by atoms with Crippen LogP contribution in [0.15, 0.2) is 12.4 Å². The van der Waals surface area contributed by atoms with E-state index < -0.39 is 11.7 Å². The van der Waals surface area contributed by atoms with Gasteiger partial charge in [0, 0.05) is 26.3 Å². The molecule has 0 amide bonds. The Hall–Kier alpha value is -2.40. The first-order chi connectivity index (χ1) is 13.4. The second-order valence-corrected chi connectivity index (χ2v) is 7.05. The summed E-state index contributed by atoms with van der Waals surface area (Å²) in [5.74, 6) is -0.191. The van der Waals surface area contributed by atoms with Gasteiger partial charge in [-0.25, -0.2) is 4.98 Å². The molecule has 0 bridgehead atoms. The molecule has 0 spiro atoms. The third-order valence-electron chi connectivity index (χ3n) is 5.30. The van der Waals surface area contributed by atoms with E-state index in [4.69, 9.17) is 4.74 Å². The van der Waals surface area contributed by atoms with Crippen molar-refractivity contribution in [3.05, 3.63) is 23.7 Å². The number of rotatable bonds is 5. The molecule has 0 aromatic carbocycles. The van der Waals surface area contributed by atoms with Crippen LogP contribution >= 0.6 is 0 Å². The Kier molecular flexibility index (Phi) is 4.88. The average Bonchev–Trinajstić information content (AvgIpc) is 3.20. The Morgan fingerprint density at radius 3 is 2.64 bits per heavy atom. The van der Waals surface area contributed by atoms with E-state index in [-0.39, 0.29) is 17.8 Å². The lowest BCUT2D eigenvalue weighted by Crippen LogP contribution is -2.47. The SMILES string of the molecule is CNc1nc(Nc2cnn(C3CCN(C4COC4)C3)c2C)ncc1C(F)(F)F. The van der Waals surface area contributed by atoms with Crippen molar-refractivity contribution in [3.63, 3.8) is 0 Å². The summed E-state index contributed by atoms with van der Waals surface area (Å²) in [6, 6.07) is 0.761. The molecule has 2 aliphatic rings. The molecule has 0 radical (unpaired) electrons. The molecule has 28 heavy (non-hydrogen) atoms.